The number of carbonyl (C=O) groups excluding carboxylic acids is 3. The smallest absolute Gasteiger partial charge is 0.234 e. The number of rotatable bonds is 5. The average molecular weight is 399 g/mol. The summed E-state index contributed by atoms with van der Waals surface area (Å²) in [6.45, 7) is 8.31. The fourth-order valence-corrected chi connectivity index (χ4v) is 3.93. The summed E-state index contributed by atoms with van der Waals surface area (Å²) in [7, 11) is 0. The van der Waals surface area contributed by atoms with Gasteiger partial charge in [0.05, 0.1) is 19.0 Å². The van der Waals surface area contributed by atoms with Crippen molar-refractivity contribution in [2.45, 2.75) is 39.3 Å². The number of nitrogens with one attached hydrogen (secondary N) is 1. The van der Waals surface area contributed by atoms with E-state index in [0.29, 0.717) is 32.7 Å². The van der Waals surface area contributed by atoms with Crippen LogP contribution in [0.3, 0.4) is 0 Å². The Hall–Kier alpha value is -2.67. The van der Waals surface area contributed by atoms with Gasteiger partial charge in [0.25, 0.3) is 0 Å². The van der Waals surface area contributed by atoms with Crippen molar-refractivity contribution in [2.24, 2.45) is 0 Å². The molecular weight excluding hydrogens is 368 g/mol. The van der Waals surface area contributed by atoms with Crippen molar-refractivity contribution in [2.75, 3.05) is 32.7 Å². The van der Waals surface area contributed by atoms with Crippen LogP contribution in [-0.4, -0.2) is 71.2 Å². The Bertz CT molecular complexity index is 797. The number of benzene rings is 1. The molecule has 0 saturated carbocycles. The largest absolute Gasteiger partial charge is 0.353 e. The summed E-state index contributed by atoms with van der Waals surface area (Å²) in [5.41, 5.74) is 2.05. The molecule has 1 atom stereocenters. The summed E-state index contributed by atoms with van der Waals surface area (Å²) in [4.78, 5) is 42.6. The lowest BCUT2D eigenvalue weighted by Crippen LogP contribution is -2.52. The Labute approximate surface area is 172 Å². The highest BCUT2D eigenvalue weighted by molar-refractivity contribution is 5.82. The van der Waals surface area contributed by atoms with Gasteiger partial charge < -0.3 is 15.1 Å². The van der Waals surface area contributed by atoms with Crippen molar-refractivity contribution in [3.05, 3.63) is 41.6 Å². The molecule has 1 aromatic carbocycles. The Morgan fingerprint density at radius 1 is 1.10 bits per heavy atom. The molecule has 1 aromatic rings. The van der Waals surface area contributed by atoms with Crippen LogP contribution in [0.5, 0.6) is 0 Å². The lowest BCUT2D eigenvalue weighted by Gasteiger charge is -2.37. The number of amides is 3. The Kier molecular flexibility index (Phi) is 6.69. The maximum absolute atomic E-state index is 13.0. The van der Waals surface area contributed by atoms with Crippen LogP contribution < -0.4 is 5.32 Å². The second kappa shape index (κ2) is 9.22. The molecule has 3 rings (SSSR count). The van der Waals surface area contributed by atoms with Crippen molar-refractivity contribution in [3.8, 4) is 0 Å². The molecule has 156 valence electrons. The lowest BCUT2D eigenvalue weighted by atomic mass is 9.93. The predicted molar refractivity (Wildman–Crippen MR) is 112 cm³/mol. The van der Waals surface area contributed by atoms with E-state index in [2.05, 4.69) is 10.2 Å². The third-order valence-electron chi connectivity index (χ3n) is 5.38. The predicted octanol–water partition coefficient (Wildman–Crippen LogP) is 1.62. The summed E-state index contributed by atoms with van der Waals surface area (Å²) in [6.07, 6.45) is 3.95. The van der Waals surface area contributed by atoms with Crippen LogP contribution in [0.2, 0.25) is 0 Å². The van der Waals surface area contributed by atoms with E-state index in [1.807, 2.05) is 49.1 Å². The third-order valence-corrected chi connectivity index (χ3v) is 5.38. The summed E-state index contributed by atoms with van der Waals surface area (Å²) < 4.78 is 0. The molecule has 7 nitrogen and oxygen atoms in total. The van der Waals surface area contributed by atoms with Crippen LogP contribution in [-0.2, 0) is 14.4 Å². The van der Waals surface area contributed by atoms with Gasteiger partial charge in [-0.1, -0.05) is 24.3 Å². The summed E-state index contributed by atoms with van der Waals surface area (Å²) in [5, 5.41) is 2.90. The van der Waals surface area contributed by atoms with Crippen molar-refractivity contribution >= 4 is 23.8 Å². The number of hydrogen-bond acceptors (Lipinski definition) is 4. The average Bonchev–Trinajstić information content (AvgIpc) is 2.67. The molecule has 0 bridgehead atoms. The molecule has 1 unspecified atom stereocenters. The molecule has 2 heterocycles. The maximum Gasteiger partial charge on any atom is 0.234 e. The molecule has 7 heteroatoms. The van der Waals surface area contributed by atoms with Gasteiger partial charge in [-0.3, -0.25) is 19.3 Å². The quantitative estimate of drug-likeness (QED) is 0.818. The zero-order valence-electron chi connectivity index (χ0n) is 17.4. The fourth-order valence-electron chi connectivity index (χ4n) is 3.93. The highest BCUT2D eigenvalue weighted by Gasteiger charge is 2.31. The first-order valence-electron chi connectivity index (χ1n) is 10.2. The van der Waals surface area contributed by atoms with Crippen LogP contribution in [0, 0.1) is 0 Å². The normalized spacial score (nSPS) is 19.2. The second-order valence-electron chi connectivity index (χ2n) is 7.97. The Morgan fingerprint density at radius 2 is 1.79 bits per heavy atom. The number of carbonyl (C=O) groups is 3. The van der Waals surface area contributed by atoms with E-state index in [4.69, 9.17) is 0 Å². The topological polar surface area (TPSA) is 73.0 Å². The molecule has 0 aromatic heterocycles. The number of piperazine rings is 1. The standard InChI is InChI=1S/C22H30N4O3/c1-16(2)23-21(28)15-24-10-12-25(13-11-24)22(29)14-20-19-7-5-4-6-18(19)8-9-26(20)17(3)27/h4-9,16,20H,10-15H2,1-3H3,(H,23,28). The molecular formula is C22H30N4O3. The van der Waals surface area contributed by atoms with Gasteiger partial charge in [0.2, 0.25) is 17.7 Å². The number of hydrogen-bond donors (Lipinski definition) is 1. The van der Waals surface area contributed by atoms with Crippen molar-refractivity contribution in [1.29, 1.82) is 0 Å². The molecule has 0 spiro atoms. The molecule has 0 aliphatic carbocycles. The van der Waals surface area contributed by atoms with Gasteiger partial charge in [0.15, 0.2) is 0 Å². The van der Waals surface area contributed by atoms with Crippen LogP contribution >= 0.6 is 0 Å². The second-order valence-corrected chi connectivity index (χ2v) is 7.97. The van der Waals surface area contributed by atoms with Crippen LogP contribution in [0.4, 0.5) is 0 Å². The number of nitrogens with zero attached hydrogens (tertiary/aromatic N) is 3. The Balaban J connectivity index is 1.59. The SMILES string of the molecule is CC(=O)N1C=Cc2ccccc2C1CC(=O)N1CCN(CC(=O)NC(C)C)CC1. The molecule has 0 radical (unpaired) electrons. The first-order valence-corrected chi connectivity index (χ1v) is 10.2. The first-order chi connectivity index (χ1) is 13.8. The monoisotopic (exact) mass is 398 g/mol. The highest BCUT2D eigenvalue weighted by atomic mass is 16.2. The maximum atomic E-state index is 13.0. The van der Waals surface area contributed by atoms with Crippen molar-refractivity contribution in [3.63, 3.8) is 0 Å². The van der Waals surface area contributed by atoms with E-state index in [0.717, 1.165) is 11.1 Å². The summed E-state index contributed by atoms with van der Waals surface area (Å²) in [5.74, 6) is -0.0188. The minimum Gasteiger partial charge on any atom is -0.353 e. The summed E-state index contributed by atoms with van der Waals surface area (Å²) in [6, 6.07) is 7.73. The molecule has 29 heavy (non-hydrogen) atoms. The van der Waals surface area contributed by atoms with Gasteiger partial charge >= 0.3 is 0 Å². The van der Waals surface area contributed by atoms with Crippen LogP contribution in [0.25, 0.3) is 6.08 Å². The first kappa shape index (κ1) is 21.0. The van der Waals surface area contributed by atoms with E-state index >= 15 is 0 Å². The van der Waals surface area contributed by atoms with E-state index in [1.54, 1.807) is 11.1 Å². The molecule has 2 aliphatic heterocycles. The van der Waals surface area contributed by atoms with Gasteiger partial charge in [-0.25, -0.2) is 0 Å². The minimum atomic E-state index is -0.281. The molecule has 1 fully saturated rings. The zero-order valence-corrected chi connectivity index (χ0v) is 17.4. The zero-order chi connectivity index (χ0) is 21.0. The fraction of sp³-hybridized carbons (Fsp3) is 0.500. The molecule has 1 saturated heterocycles. The highest BCUT2D eigenvalue weighted by Crippen LogP contribution is 2.33. The van der Waals surface area contributed by atoms with Crippen LogP contribution in [0.1, 0.15) is 44.4 Å². The van der Waals surface area contributed by atoms with E-state index < -0.39 is 0 Å². The van der Waals surface area contributed by atoms with Gasteiger partial charge in [-0.15, -0.1) is 0 Å². The van der Waals surface area contributed by atoms with Crippen LogP contribution in [0.15, 0.2) is 30.5 Å². The van der Waals surface area contributed by atoms with Gasteiger partial charge in [-0.2, -0.15) is 0 Å². The molecule has 3 amide bonds. The van der Waals surface area contributed by atoms with E-state index in [1.165, 1.54) is 6.92 Å². The van der Waals surface area contributed by atoms with Crippen molar-refractivity contribution < 1.29 is 14.4 Å². The molecule has 2 aliphatic rings. The third kappa shape index (κ3) is 5.23. The van der Waals surface area contributed by atoms with E-state index in [9.17, 15) is 14.4 Å². The summed E-state index contributed by atoms with van der Waals surface area (Å²) >= 11 is 0. The minimum absolute atomic E-state index is 0.0162. The number of fused-ring (bicyclic) bond motifs is 1. The Morgan fingerprint density at radius 3 is 2.45 bits per heavy atom. The van der Waals surface area contributed by atoms with Crippen molar-refractivity contribution in [1.82, 2.24) is 20.0 Å². The van der Waals surface area contributed by atoms with Gasteiger partial charge in [0.1, 0.15) is 0 Å². The lowest BCUT2D eigenvalue weighted by molar-refractivity contribution is -0.136. The molecule has 1 N–H and O–H groups in total. The van der Waals surface area contributed by atoms with E-state index in [-0.39, 0.29) is 36.2 Å². The van der Waals surface area contributed by atoms with Gasteiger partial charge in [-0.05, 0) is 31.1 Å². The van der Waals surface area contributed by atoms with Gasteiger partial charge in [0, 0.05) is 45.3 Å².